The van der Waals surface area contributed by atoms with Crippen LogP contribution in [0, 0.1) is 11.8 Å². The molecule has 0 radical (unpaired) electrons. The monoisotopic (exact) mass is 698 g/mol. The molecule has 0 heterocycles. The van der Waals surface area contributed by atoms with Crippen LogP contribution in [0.1, 0.15) is 200 Å². The summed E-state index contributed by atoms with van der Waals surface area (Å²) in [6, 6.07) is 0.105. The second kappa shape index (κ2) is 30.6. The van der Waals surface area contributed by atoms with Gasteiger partial charge in [-0.05, 0) is 69.6 Å². The van der Waals surface area contributed by atoms with Crippen molar-refractivity contribution in [2.45, 2.75) is 231 Å². The quantitative estimate of drug-likeness (QED) is 0.0380. The Morgan fingerprint density at radius 1 is 0.612 bits per heavy atom. The van der Waals surface area contributed by atoms with E-state index in [4.69, 9.17) is 5.11 Å². The van der Waals surface area contributed by atoms with Crippen molar-refractivity contribution in [2.24, 2.45) is 11.8 Å². The topological polar surface area (TPSA) is 147 Å². The van der Waals surface area contributed by atoms with Gasteiger partial charge in [0.2, 0.25) is 5.91 Å². The predicted molar refractivity (Wildman–Crippen MR) is 200 cm³/mol. The van der Waals surface area contributed by atoms with Crippen molar-refractivity contribution in [1.29, 1.82) is 0 Å². The minimum absolute atomic E-state index is 0.0787. The molecule has 0 aliphatic heterocycles. The molecular formula is C41H79NO7. The molecule has 0 saturated heterocycles. The summed E-state index contributed by atoms with van der Waals surface area (Å²) in [4.78, 5) is 25.6. The lowest BCUT2D eigenvalue weighted by molar-refractivity contribution is -0.124. The third kappa shape index (κ3) is 23.9. The molecule has 290 valence electrons. The summed E-state index contributed by atoms with van der Waals surface area (Å²) in [5, 5.41) is 53.3. The molecule has 0 aromatic carbocycles. The van der Waals surface area contributed by atoms with Gasteiger partial charge in [-0.15, -0.1) is 0 Å². The first-order valence-corrected chi connectivity index (χ1v) is 20.8. The van der Waals surface area contributed by atoms with Gasteiger partial charge in [0.25, 0.3) is 0 Å². The fourth-order valence-electron chi connectivity index (χ4n) is 7.51. The molecule has 0 spiro atoms. The third-order valence-electron chi connectivity index (χ3n) is 10.9. The van der Waals surface area contributed by atoms with Crippen LogP contribution in [-0.2, 0) is 9.59 Å². The zero-order valence-corrected chi connectivity index (χ0v) is 31.8. The van der Waals surface area contributed by atoms with Gasteiger partial charge in [0.05, 0.1) is 24.4 Å². The van der Waals surface area contributed by atoms with Crippen molar-refractivity contribution in [3.8, 4) is 0 Å². The van der Waals surface area contributed by atoms with Crippen LogP contribution < -0.4 is 5.32 Å². The average Bonchev–Trinajstić information content (AvgIpc) is 3.09. The molecule has 1 aliphatic rings. The Kier molecular flexibility index (Phi) is 28.7. The Labute approximate surface area is 300 Å². The molecule has 8 heteroatoms. The maximum absolute atomic E-state index is 12.8. The largest absolute Gasteiger partial charge is 0.396 e. The Hall–Kier alpha value is -1.06. The highest BCUT2D eigenvalue weighted by Gasteiger charge is 2.28. The zero-order valence-electron chi connectivity index (χ0n) is 31.8. The molecule has 1 amide bonds. The van der Waals surface area contributed by atoms with E-state index >= 15 is 0 Å². The first-order valence-electron chi connectivity index (χ1n) is 20.8. The maximum atomic E-state index is 12.8. The first-order chi connectivity index (χ1) is 23.7. The van der Waals surface area contributed by atoms with Gasteiger partial charge < -0.3 is 30.8 Å². The molecule has 0 aromatic rings. The van der Waals surface area contributed by atoms with Crippen molar-refractivity contribution in [3.63, 3.8) is 0 Å². The predicted octanol–water partition coefficient (Wildman–Crippen LogP) is 8.07. The number of ketones is 1. The van der Waals surface area contributed by atoms with E-state index < -0.39 is 24.4 Å². The number of carbonyl (C=O) groups excluding carboxylic acids is 2. The van der Waals surface area contributed by atoms with Crippen LogP contribution in [0.2, 0.25) is 0 Å². The van der Waals surface area contributed by atoms with Gasteiger partial charge in [-0.1, -0.05) is 123 Å². The summed E-state index contributed by atoms with van der Waals surface area (Å²) in [6.07, 6.45) is 24.0. The number of hydrogen-bond donors (Lipinski definition) is 6. The van der Waals surface area contributed by atoms with Crippen LogP contribution in [0.15, 0.2) is 0 Å². The van der Waals surface area contributed by atoms with Gasteiger partial charge in [-0.3, -0.25) is 9.59 Å². The zero-order chi connectivity index (χ0) is 36.1. The molecule has 7 atom stereocenters. The summed E-state index contributed by atoms with van der Waals surface area (Å²) < 4.78 is 0. The van der Waals surface area contributed by atoms with Crippen molar-refractivity contribution < 1.29 is 35.1 Å². The number of aliphatic hydroxyl groups is 5. The highest BCUT2D eigenvalue weighted by molar-refractivity contribution is 5.79. The van der Waals surface area contributed by atoms with Gasteiger partial charge >= 0.3 is 0 Å². The molecule has 1 rings (SSSR count). The molecule has 6 N–H and O–H groups in total. The molecule has 8 nitrogen and oxygen atoms in total. The molecular weight excluding hydrogens is 618 g/mol. The Morgan fingerprint density at radius 3 is 1.71 bits per heavy atom. The van der Waals surface area contributed by atoms with Crippen LogP contribution in [-0.4, -0.2) is 74.3 Å². The normalized spacial score (nSPS) is 19.7. The summed E-state index contributed by atoms with van der Waals surface area (Å²) in [7, 11) is 0. The highest BCUT2D eigenvalue weighted by Crippen LogP contribution is 2.28. The number of amides is 1. The van der Waals surface area contributed by atoms with Crippen LogP contribution in [0.4, 0.5) is 0 Å². The van der Waals surface area contributed by atoms with E-state index in [-0.39, 0.29) is 30.4 Å². The van der Waals surface area contributed by atoms with Crippen LogP contribution in [0.3, 0.4) is 0 Å². The molecule has 1 fully saturated rings. The molecule has 49 heavy (non-hydrogen) atoms. The SMILES string of the molecule is CCCCCCCC(O)C(O)C(C)CCCCCCC(=O)N[C@H]1CCCC[C@H]1CC(=O)CCCCCCCC(O)C(O)CCCCCCO. The average molecular weight is 698 g/mol. The summed E-state index contributed by atoms with van der Waals surface area (Å²) >= 11 is 0. The van der Waals surface area contributed by atoms with E-state index in [1.165, 1.54) is 19.3 Å². The number of aliphatic hydroxyl groups excluding tert-OH is 5. The van der Waals surface area contributed by atoms with Gasteiger partial charge in [0.15, 0.2) is 0 Å². The van der Waals surface area contributed by atoms with Gasteiger partial charge in [0.1, 0.15) is 5.78 Å². The van der Waals surface area contributed by atoms with E-state index in [9.17, 15) is 30.0 Å². The van der Waals surface area contributed by atoms with E-state index in [1.54, 1.807) is 0 Å². The molecule has 1 aliphatic carbocycles. The van der Waals surface area contributed by atoms with Crippen molar-refractivity contribution in [1.82, 2.24) is 5.32 Å². The van der Waals surface area contributed by atoms with E-state index in [1.807, 2.05) is 6.92 Å². The number of hydrogen-bond acceptors (Lipinski definition) is 7. The molecule has 0 bridgehead atoms. The smallest absolute Gasteiger partial charge is 0.220 e. The minimum Gasteiger partial charge on any atom is -0.396 e. The Balaban J connectivity index is 2.14. The number of unbranched alkanes of at least 4 members (excludes halogenated alkanes) is 14. The lowest BCUT2D eigenvalue weighted by Gasteiger charge is -2.32. The van der Waals surface area contributed by atoms with Crippen LogP contribution in [0.25, 0.3) is 0 Å². The van der Waals surface area contributed by atoms with E-state index in [2.05, 4.69) is 12.2 Å². The molecule has 1 saturated carbocycles. The second-order valence-electron chi connectivity index (χ2n) is 15.5. The number of carbonyl (C=O) groups is 2. The maximum Gasteiger partial charge on any atom is 0.220 e. The fourth-order valence-corrected chi connectivity index (χ4v) is 7.51. The van der Waals surface area contributed by atoms with Crippen LogP contribution >= 0.6 is 0 Å². The number of rotatable bonds is 33. The standard InChI is InChI=1S/C41H79NO7/c1-3-4-5-7-18-29-39(47)41(49)33(2)23-14-10-11-19-30-40(48)42-36-26-21-20-24-34(36)32-35(44)25-15-8-6-9-16-27-37(45)38(46)28-17-12-13-22-31-43/h33-34,36-39,41,43,45-47,49H,3-32H2,1-2H3,(H,42,48)/t33?,34-,36-,37?,38?,39?,41?/m0/s1. The summed E-state index contributed by atoms with van der Waals surface area (Å²) in [6.45, 7) is 4.43. The van der Waals surface area contributed by atoms with Crippen molar-refractivity contribution in [3.05, 3.63) is 0 Å². The molecule has 0 aromatic heterocycles. The fraction of sp³-hybridized carbons (Fsp3) is 0.951. The summed E-state index contributed by atoms with van der Waals surface area (Å²) in [5.41, 5.74) is 0. The van der Waals surface area contributed by atoms with Crippen LogP contribution in [0.5, 0.6) is 0 Å². The van der Waals surface area contributed by atoms with Crippen molar-refractivity contribution >= 4 is 11.7 Å². The van der Waals surface area contributed by atoms with Gasteiger partial charge in [0, 0.05) is 31.9 Å². The lowest BCUT2D eigenvalue weighted by Crippen LogP contribution is -2.42. The van der Waals surface area contributed by atoms with E-state index in [0.717, 1.165) is 128 Å². The third-order valence-corrected chi connectivity index (χ3v) is 10.9. The molecule has 5 unspecified atom stereocenters. The summed E-state index contributed by atoms with van der Waals surface area (Å²) in [5.74, 6) is 0.732. The Bertz CT molecular complexity index is 796. The second-order valence-corrected chi connectivity index (χ2v) is 15.5. The van der Waals surface area contributed by atoms with Gasteiger partial charge in [-0.25, -0.2) is 0 Å². The van der Waals surface area contributed by atoms with E-state index in [0.29, 0.717) is 44.3 Å². The highest BCUT2D eigenvalue weighted by atomic mass is 16.3. The van der Waals surface area contributed by atoms with Crippen molar-refractivity contribution in [2.75, 3.05) is 6.61 Å². The van der Waals surface area contributed by atoms with Gasteiger partial charge in [-0.2, -0.15) is 0 Å². The Morgan fingerprint density at radius 2 is 1.10 bits per heavy atom. The minimum atomic E-state index is -0.668. The lowest BCUT2D eigenvalue weighted by atomic mass is 9.80. The first kappa shape index (κ1) is 46.0. The number of Topliss-reactive ketones (excluding diaryl/α,β-unsaturated/α-hetero) is 1. The number of nitrogens with one attached hydrogen (secondary N) is 1.